The summed E-state index contributed by atoms with van der Waals surface area (Å²) in [4.78, 5) is 29.9. The molecule has 0 bridgehead atoms. The number of piperazine rings is 1. The number of hydrogen-bond donors (Lipinski definition) is 1. The molecule has 1 aliphatic rings. The maximum absolute atomic E-state index is 11.6. The van der Waals surface area contributed by atoms with Gasteiger partial charge in [0.15, 0.2) is 17.0 Å². The Bertz CT molecular complexity index is 1210. The Morgan fingerprint density at radius 3 is 2.56 bits per heavy atom. The summed E-state index contributed by atoms with van der Waals surface area (Å²) in [5.74, 6) is 1.93. The number of methoxy groups -OCH3 is 1. The zero-order valence-corrected chi connectivity index (χ0v) is 18.6. The number of anilines is 2. The first-order valence-electron chi connectivity index (χ1n) is 10.4. The summed E-state index contributed by atoms with van der Waals surface area (Å²) in [6.45, 7) is 10.7. The maximum atomic E-state index is 11.6. The Morgan fingerprint density at radius 2 is 1.91 bits per heavy atom. The van der Waals surface area contributed by atoms with Crippen LogP contribution in [-0.2, 0) is 0 Å². The lowest BCUT2D eigenvalue weighted by atomic mass is 10.1. The largest absolute Gasteiger partial charge is 0.495 e. The van der Waals surface area contributed by atoms with Crippen LogP contribution >= 0.6 is 0 Å². The monoisotopic (exact) mass is 433 g/mol. The van der Waals surface area contributed by atoms with Gasteiger partial charge in [-0.3, -0.25) is 9.36 Å². The first-order chi connectivity index (χ1) is 15.4. The Morgan fingerprint density at radius 1 is 1.19 bits per heavy atom. The number of primary amides is 1. The minimum atomic E-state index is -0.456. The normalized spacial score (nSPS) is 14.7. The number of aromatic nitrogens is 4. The van der Waals surface area contributed by atoms with E-state index in [2.05, 4.69) is 26.3 Å². The highest BCUT2D eigenvalue weighted by atomic mass is 16.5. The van der Waals surface area contributed by atoms with Crippen LogP contribution in [0.15, 0.2) is 43.3 Å². The number of hydrogen-bond acceptors (Lipinski definition) is 7. The molecule has 1 aromatic carbocycles. The van der Waals surface area contributed by atoms with Crippen LogP contribution < -0.4 is 20.3 Å². The van der Waals surface area contributed by atoms with Crippen molar-refractivity contribution < 1.29 is 9.53 Å². The molecule has 9 heteroatoms. The van der Waals surface area contributed by atoms with Crippen molar-refractivity contribution in [2.45, 2.75) is 13.8 Å². The lowest BCUT2D eigenvalue weighted by Crippen LogP contribution is -2.47. The summed E-state index contributed by atoms with van der Waals surface area (Å²) in [5.41, 5.74) is 9.35. The second kappa shape index (κ2) is 8.70. The number of nitrogens with zero attached hydrogens (tertiary/aromatic N) is 6. The number of fused-ring (bicyclic) bond motifs is 1. The van der Waals surface area contributed by atoms with Crippen LogP contribution in [0.25, 0.3) is 16.9 Å². The molecule has 1 aliphatic heterocycles. The molecule has 2 aromatic heterocycles. The minimum absolute atomic E-state index is 0.456. The number of nitrogens with two attached hydrogens (primary N) is 1. The molecule has 9 nitrogen and oxygen atoms in total. The van der Waals surface area contributed by atoms with E-state index >= 15 is 0 Å². The quantitative estimate of drug-likeness (QED) is 0.596. The standard InChI is InChI=1S/C23H27N7O2/c1-5-6-15(2)30-16(3)27-20-22(25-14-26-23(20)30)29-11-9-28(10-12-29)18-13-17(21(24)31)7-8-19(18)32-4/h5-8,13-14H,1,9-12H2,2-4H3,(H2,24,31). The van der Waals surface area contributed by atoms with E-state index < -0.39 is 5.91 Å². The van der Waals surface area contributed by atoms with Crippen molar-refractivity contribution >= 4 is 34.3 Å². The fourth-order valence-corrected chi connectivity index (χ4v) is 4.14. The van der Waals surface area contributed by atoms with Gasteiger partial charge < -0.3 is 20.3 Å². The minimum Gasteiger partial charge on any atom is -0.495 e. The van der Waals surface area contributed by atoms with Gasteiger partial charge >= 0.3 is 0 Å². The number of amides is 1. The van der Waals surface area contributed by atoms with Crippen LogP contribution in [0.3, 0.4) is 0 Å². The van der Waals surface area contributed by atoms with Gasteiger partial charge in [0.05, 0.1) is 12.8 Å². The van der Waals surface area contributed by atoms with Gasteiger partial charge in [0, 0.05) is 37.4 Å². The smallest absolute Gasteiger partial charge is 0.248 e. The molecule has 0 spiro atoms. The molecule has 0 radical (unpaired) electrons. The molecule has 0 aliphatic carbocycles. The first kappa shape index (κ1) is 21.4. The molecule has 3 aromatic rings. The lowest BCUT2D eigenvalue weighted by Gasteiger charge is -2.37. The summed E-state index contributed by atoms with van der Waals surface area (Å²) < 4.78 is 7.52. The molecule has 166 valence electrons. The van der Waals surface area contributed by atoms with E-state index in [0.29, 0.717) is 11.3 Å². The van der Waals surface area contributed by atoms with Gasteiger partial charge in [-0.2, -0.15) is 0 Å². The van der Waals surface area contributed by atoms with Crippen molar-refractivity contribution in [2.24, 2.45) is 5.73 Å². The molecule has 0 saturated carbocycles. The van der Waals surface area contributed by atoms with Crippen molar-refractivity contribution in [3.05, 3.63) is 54.6 Å². The van der Waals surface area contributed by atoms with E-state index in [9.17, 15) is 4.79 Å². The summed E-state index contributed by atoms with van der Waals surface area (Å²) in [6.07, 6.45) is 5.27. The Labute approximate surface area is 186 Å². The van der Waals surface area contributed by atoms with E-state index in [0.717, 1.165) is 60.4 Å². The van der Waals surface area contributed by atoms with E-state index in [1.165, 1.54) is 0 Å². The molecule has 2 N–H and O–H groups in total. The van der Waals surface area contributed by atoms with Gasteiger partial charge in [-0.05, 0) is 38.1 Å². The van der Waals surface area contributed by atoms with Crippen LogP contribution in [0, 0.1) is 6.92 Å². The van der Waals surface area contributed by atoms with Gasteiger partial charge in [0.1, 0.15) is 17.9 Å². The van der Waals surface area contributed by atoms with Gasteiger partial charge in [-0.15, -0.1) is 0 Å². The molecule has 1 fully saturated rings. The SMILES string of the molecule is C=CC=C(C)n1c(C)nc2c(N3CCN(c4cc(C(N)=O)ccc4OC)CC3)ncnc21. The number of aryl methyl sites for hydroxylation is 1. The first-order valence-corrected chi connectivity index (χ1v) is 10.4. The molecular weight excluding hydrogens is 406 g/mol. The van der Waals surface area contributed by atoms with E-state index in [-0.39, 0.29) is 0 Å². The average molecular weight is 434 g/mol. The molecule has 32 heavy (non-hydrogen) atoms. The third-order valence-corrected chi connectivity index (χ3v) is 5.69. The Kier molecular flexibility index (Phi) is 5.81. The fourth-order valence-electron chi connectivity index (χ4n) is 4.14. The zero-order chi connectivity index (χ0) is 22.8. The van der Waals surface area contributed by atoms with Crippen molar-refractivity contribution in [1.82, 2.24) is 19.5 Å². The Hall–Kier alpha value is -3.88. The average Bonchev–Trinajstić information content (AvgIpc) is 3.14. The molecule has 1 amide bonds. The van der Waals surface area contributed by atoms with Crippen LogP contribution in [0.5, 0.6) is 5.75 Å². The van der Waals surface area contributed by atoms with Gasteiger partial charge in [0.25, 0.3) is 0 Å². The molecule has 3 heterocycles. The van der Waals surface area contributed by atoms with E-state index in [4.69, 9.17) is 15.5 Å². The molecular formula is C23H27N7O2. The van der Waals surface area contributed by atoms with E-state index in [1.807, 2.05) is 24.5 Å². The molecule has 1 saturated heterocycles. The number of ether oxygens (including phenoxy) is 1. The van der Waals surface area contributed by atoms with Gasteiger partial charge in [0.2, 0.25) is 5.91 Å². The summed E-state index contributed by atoms with van der Waals surface area (Å²) in [5, 5.41) is 0. The highest BCUT2D eigenvalue weighted by Crippen LogP contribution is 2.32. The number of benzene rings is 1. The number of carbonyl (C=O) groups excluding carboxylic acids is 1. The topological polar surface area (TPSA) is 102 Å². The highest BCUT2D eigenvalue weighted by molar-refractivity contribution is 5.94. The predicted octanol–water partition coefficient (Wildman–Crippen LogP) is 2.62. The third kappa shape index (κ3) is 3.77. The summed E-state index contributed by atoms with van der Waals surface area (Å²) >= 11 is 0. The predicted molar refractivity (Wildman–Crippen MR) is 126 cm³/mol. The van der Waals surface area contributed by atoms with Crippen LogP contribution in [0.2, 0.25) is 0 Å². The van der Waals surface area contributed by atoms with Crippen LogP contribution in [0.1, 0.15) is 23.1 Å². The molecule has 4 rings (SSSR count). The molecule has 0 unspecified atom stereocenters. The highest BCUT2D eigenvalue weighted by Gasteiger charge is 2.24. The zero-order valence-electron chi connectivity index (χ0n) is 18.6. The summed E-state index contributed by atoms with van der Waals surface area (Å²) in [7, 11) is 1.62. The number of rotatable bonds is 6. The fraction of sp³-hybridized carbons (Fsp3) is 0.304. The van der Waals surface area contributed by atoms with Crippen molar-refractivity contribution in [3.8, 4) is 5.75 Å². The van der Waals surface area contributed by atoms with Crippen LogP contribution in [-0.4, -0.2) is 58.7 Å². The molecule has 0 atom stereocenters. The van der Waals surface area contributed by atoms with Crippen molar-refractivity contribution in [3.63, 3.8) is 0 Å². The Balaban J connectivity index is 1.61. The second-order valence-electron chi connectivity index (χ2n) is 7.63. The summed E-state index contributed by atoms with van der Waals surface area (Å²) in [6, 6.07) is 5.25. The van der Waals surface area contributed by atoms with Gasteiger partial charge in [-0.1, -0.05) is 12.7 Å². The lowest BCUT2D eigenvalue weighted by molar-refractivity contribution is 0.100. The maximum Gasteiger partial charge on any atom is 0.248 e. The third-order valence-electron chi connectivity index (χ3n) is 5.69. The number of imidazole rings is 1. The van der Waals surface area contributed by atoms with Crippen molar-refractivity contribution in [1.29, 1.82) is 0 Å². The second-order valence-corrected chi connectivity index (χ2v) is 7.63. The van der Waals surface area contributed by atoms with Gasteiger partial charge in [-0.25, -0.2) is 15.0 Å². The van der Waals surface area contributed by atoms with E-state index in [1.54, 1.807) is 37.7 Å². The van der Waals surface area contributed by atoms with Crippen molar-refractivity contribution in [2.75, 3.05) is 43.1 Å². The number of allylic oxidation sites excluding steroid dienone is 3. The number of carbonyl (C=O) groups is 1. The van der Waals surface area contributed by atoms with Crippen LogP contribution in [0.4, 0.5) is 11.5 Å².